The van der Waals surface area contributed by atoms with E-state index in [0.717, 1.165) is 12.0 Å². The summed E-state index contributed by atoms with van der Waals surface area (Å²) in [6.45, 7) is 0. The lowest BCUT2D eigenvalue weighted by atomic mass is 10.1. The number of aliphatic hydroxyl groups excluding tert-OH is 1. The highest BCUT2D eigenvalue weighted by molar-refractivity contribution is 5.81. The van der Waals surface area contributed by atoms with Crippen LogP contribution >= 0.6 is 0 Å². The fourth-order valence-electron chi connectivity index (χ4n) is 1.17. The molecule has 1 aliphatic rings. The van der Waals surface area contributed by atoms with E-state index in [1.165, 1.54) is 0 Å². The summed E-state index contributed by atoms with van der Waals surface area (Å²) in [5.74, 6) is 0.0838. The Kier molecular flexibility index (Phi) is 2.04. The third-order valence-corrected chi connectivity index (χ3v) is 2.01. The molecular weight excluding hydrogens is 176 g/mol. The predicted octanol–water partition coefficient (Wildman–Crippen LogP) is 2.20. The summed E-state index contributed by atoms with van der Waals surface area (Å²) >= 11 is 0. The lowest BCUT2D eigenvalue weighted by Crippen LogP contribution is -1.89. The van der Waals surface area contributed by atoms with Crippen LogP contribution in [-0.2, 0) is 0 Å². The molecule has 0 atom stereocenters. The number of nitriles is 1. The summed E-state index contributed by atoms with van der Waals surface area (Å²) in [7, 11) is 0. The maximum Gasteiger partial charge on any atom is 0.137 e. The van der Waals surface area contributed by atoms with Crippen molar-refractivity contribution in [1.82, 2.24) is 4.98 Å². The van der Waals surface area contributed by atoms with Crippen LogP contribution in [0.1, 0.15) is 12.0 Å². The van der Waals surface area contributed by atoms with Crippen molar-refractivity contribution in [2.75, 3.05) is 0 Å². The van der Waals surface area contributed by atoms with E-state index in [-0.39, 0.29) is 5.76 Å². The van der Waals surface area contributed by atoms with E-state index in [4.69, 9.17) is 5.26 Å². The van der Waals surface area contributed by atoms with Crippen LogP contribution < -0.4 is 0 Å². The number of allylic oxidation sites excluding steroid dienone is 3. The second-order valence-electron chi connectivity index (χ2n) is 3.01. The Morgan fingerprint density at radius 2 is 2.36 bits per heavy atom. The first-order valence-corrected chi connectivity index (χ1v) is 4.26. The van der Waals surface area contributed by atoms with E-state index in [2.05, 4.69) is 4.98 Å². The lowest BCUT2D eigenvalue weighted by Gasteiger charge is -1.99. The normalized spacial score (nSPS) is 15.2. The van der Waals surface area contributed by atoms with Crippen molar-refractivity contribution in [3.8, 4) is 6.07 Å². The minimum absolute atomic E-state index is 0.0838. The van der Waals surface area contributed by atoms with E-state index in [9.17, 15) is 5.11 Å². The van der Waals surface area contributed by atoms with Crippen LogP contribution in [0, 0.1) is 11.3 Å². The molecule has 68 valence electrons. The summed E-state index contributed by atoms with van der Waals surface area (Å²) in [5, 5.41) is 18.6. The van der Waals surface area contributed by atoms with Gasteiger partial charge in [0.05, 0.1) is 0 Å². The van der Waals surface area contributed by atoms with Gasteiger partial charge in [0, 0.05) is 18.0 Å². The molecule has 0 radical (unpaired) electrons. The number of aromatic nitrogens is 1. The van der Waals surface area contributed by atoms with E-state index >= 15 is 0 Å². The molecule has 0 aromatic carbocycles. The zero-order chi connectivity index (χ0) is 9.97. The molecule has 3 nitrogen and oxygen atoms in total. The topological polar surface area (TPSA) is 56.9 Å². The maximum atomic E-state index is 9.66. The fraction of sp³-hybridized carbons (Fsp3) is 0.0909. The van der Waals surface area contributed by atoms with Gasteiger partial charge in [0.15, 0.2) is 0 Å². The Labute approximate surface area is 81.6 Å². The Morgan fingerprint density at radius 3 is 2.86 bits per heavy atom. The maximum absolute atomic E-state index is 9.66. The minimum Gasteiger partial charge on any atom is -0.506 e. The number of nitrogens with zero attached hydrogens (tertiary/aromatic N) is 2. The molecule has 0 saturated heterocycles. The molecule has 2 rings (SSSR count). The van der Waals surface area contributed by atoms with Crippen molar-refractivity contribution in [3.63, 3.8) is 0 Å². The molecular formula is C11H8N2O. The number of pyridine rings is 1. The van der Waals surface area contributed by atoms with Crippen LogP contribution in [0.15, 0.2) is 41.9 Å². The third kappa shape index (κ3) is 1.50. The Bertz CT molecular complexity index is 452. The van der Waals surface area contributed by atoms with Crippen LogP contribution in [0.4, 0.5) is 0 Å². The summed E-state index contributed by atoms with van der Waals surface area (Å²) < 4.78 is 0. The van der Waals surface area contributed by atoms with Gasteiger partial charge < -0.3 is 5.11 Å². The summed E-state index contributed by atoms with van der Waals surface area (Å²) in [5.41, 5.74) is 1.78. The highest BCUT2D eigenvalue weighted by atomic mass is 16.3. The summed E-state index contributed by atoms with van der Waals surface area (Å²) in [6, 6.07) is 5.48. The van der Waals surface area contributed by atoms with Gasteiger partial charge in [0.1, 0.15) is 17.4 Å². The molecule has 3 heteroatoms. The zero-order valence-corrected chi connectivity index (χ0v) is 7.44. The molecule has 1 aliphatic carbocycles. The van der Waals surface area contributed by atoms with E-state index in [1.807, 2.05) is 12.1 Å². The van der Waals surface area contributed by atoms with Crippen molar-refractivity contribution < 1.29 is 5.11 Å². The summed E-state index contributed by atoms with van der Waals surface area (Å²) in [4.78, 5) is 3.90. The van der Waals surface area contributed by atoms with Gasteiger partial charge in [-0.2, -0.15) is 5.26 Å². The SMILES string of the molecule is N#C/C(=C(\O)C1=CC1)c1cccnc1. The van der Waals surface area contributed by atoms with Crippen molar-refractivity contribution >= 4 is 5.57 Å². The number of hydrogen-bond donors (Lipinski definition) is 1. The van der Waals surface area contributed by atoms with E-state index in [0.29, 0.717) is 11.1 Å². The first-order valence-electron chi connectivity index (χ1n) is 4.26. The lowest BCUT2D eigenvalue weighted by molar-refractivity contribution is 0.430. The van der Waals surface area contributed by atoms with Gasteiger partial charge in [-0.1, -0.05) is 12.1 Å². The molecule has 0 bridgehead atoms. The molecule has 0 spiro atoms. The molecule has 0 fully saturated rings. The molecule has 0 amide bonds. The van der Waals surface area contributed by atoms with E-state index < -0.39 is 0 Å². The molecule has 0 unspecified atom stereocenters. The highest BCUT2D eigenvalue weighted by Gasteiger charge is 2.17. The van der Waals surface area contributed by atoms with Gasteiger partial charge in [-0.25, -0.2) is 0 Å². The number of rotatable bonds is 2. The average molecular weight is 184 g/mol. The van der Waals surface area contributed by atoms with E-state index in [1.54, 1.807) is 24.5 Å². The number of hydrogen-bond acceptors (Lipinski definition) is 3. The Morgan fingerprint density at radius 1 is 1.57 bits per heavy atom. The first kappa shape index (κ1) is 8.52. The average Bonchev–Trinajstić information content (AvgIpc) is 3.03. The Balaban J connectivity index is 2.45. The van der Waals surface area contributed by atoms with Crippen molar-refractivity contribution in [3.05, 3.63) is 47.5 Å². The van der Waals surface area contributed by atoms with Crippen molar-refractivity contribution in [1.29, 1.82) is 5.26 Å². The zero-order valence-electron chi connectivity index (χ0n) is 7.44. The molecule has 0 aliphatic heterocycles. The molecule has 1 aromatic rings. The quantitative estimate of drug-likeness (QED) is 0.566. The fourth-order valence-corrected chi connectivity index (χ4v) is 1.17. The van der Waals surface area contributed by atoms with Gasteiger partial charge in [0.25, 0.3) is 0 Å². The second kappa shape index (κ2) is 3.35. The molecule has 1 heterocycles. The molecule has 1 N–H and O–H groups in total. The molecule has 1 aromatic heterocycles. The Hall–Kier alpha value is -2.08. The third-order valence-electron chi connectivity index (χ3n) is 2.01. The second-order valence-corrected chi connectivity index (χ2v) is 3.01. The van der Waals surface area contributed by atoms with Crippen LogP contribution in [0.2, 0.25) is 0 Å². The largest absolute Gasteiger partial charge is 0.506 e. The molecule has 0 saturated carbocycles. The van der Waals surface area contributed by atoms with Crippen LogP contribution in [-0.4, -0.2) is 10.1 Å². The van der Waals surface area contributed by atoms with Gasteiger partial charge in [-0.15, -0.1) is 0 Å². The molecule has 14 heavy (non-hydrogen) atoms. The smallest absolute Gasteiger partial charge is 0.137 e. The predicted molar refractivity (Wildman–Crippen MR) is 52.1 cm³/mol. The summed E-state index contributed by atoms with van der Waals surface area (Å²) in [6.07, 6.45) is 5.85. The van der Waals surface area contributed by atoms with Crippen molar-refractivity contribution in [2.24, 2.45) is 0 Å². The standard InChI is InChI=1S/C11H8N2O/c12-6-10(11(14)8-3-4-8)9-2-1-5-13-7-9/h1-3,5,7,14H,4H2/b11-10+. The van der Waals surface area contributed by atoms with Gasteiger partial charge in [0.2, 0.25) is 0 Å². The minimum atomic E-state index is 0.0838. The monoisotopic (exact) mass is 184 g/mol. The number of aliphatic hydroxyl groups is 1. The van der Waals surface area contributed by atoms with Crippen molar-refractivity contribution in [2.45, 2.75) is 6.42 Å². The van der Waals surface area contributed by atoms with Gasteiger partial charge >= 0.3 is 0 Å². The van der Waals surface area contributed by atoms with Crippen LogP contribution in [0.3, 0.4) is 0 Å². The van der Waals surface area contributed by atoms with Gasteiger partial charge in [-0.05, 0) is 18.1 Å². The highest BCUT2D eigenvalue weighted by Crippen LogP contribution is 2.30. The van der Waals surface area contributed by atoms with Crippen LogP contribution in [0.25, 0.3) is 5.57 Å². The van der Waals surface area contributed by atoms with Gasteiger partial charge in [-0.3, -0.25) is 4.98 Å². The first-order chi connectivity index (χ1) is 6.83. The van der Waals surface area contributed by atoms with Crippen LogP contribution in [0.5, 0.6) is 0 Å².